The molecular formula is C25H17Cl3N6O4S. The number of thiazole rings is 1. The van der Waals surface area contributed by atoms with Crippen molar-refractivity contribution in [1.29, 1.82) is 0 Å². The molecule has 0 unspecified atom stereocenters. The number of hydrogen-bond acceptors (Lipinski definition) is 8. The summed E-state index contributed by atoms with van der Waals surface area (Å²) in [6, 6.07) is 17.9. The molecule has 10 nitrogen and oxygen atoms in total. The SMILES string of the molecule is COc1ccc(-c2csc(-n3[nH]c(-c4ccc([N+](=O)[O-])cc4)c(N=Nc4c(Cl)cccc4Cl)c3=O)n2)cc1.Cl. The Kier molecular flexibility index (Phi) is 8.46. The summed E-state index contributed by atoms with van der Waals surface area (Å²) in [5.41, 5.74) is 1.82. The van der Waals surface area contributed by atoms with Gasteiger partial charge in [0.2, 0.25) is 5.13 Å². The number of nitrogens with zero attached hydrogens (tertiary/aromatic N) is 5. The molecule has 0 atom stereocenters. The lowest BCUT2D eigenvalue weighted by Gasteiger charge is -2.01. The average molecular weight is 604 g/mol. The van der Waals surface area contributed by atoms with E-state index in [1.165, 1.54) is 40.3 Å². The van der Waals surface area contributed by atoms with Crippen molar-refractivity contribution in [1.82, 2.24) is 14.8 Å². The zero-order valence-electron chi connectivity index (χ0n) is 19.9. The molecule has 0 saturated heterocycles. The van der Waals surface area contributed by atoms with Crippen molar-refractivity contribution in [3.8, 4) is 33.4 Å². The van der Waals surface area contributed by atoms with Gasteiger partial charge in [-0.2, -0.15) is 4.68 Å². The number of aromatic nitrogens is 3. The first-order valence-electron chi connectivity index (χ1n) is 10.9. The van der Waals surface area contributed by atoms with Gasteiger partial charge in [-0.25, -0.2) is 4.98 Å². The van der Waals surface area contributed by atoms with E-state index in [-0.39, 0.29) is 45.2 Å². The molecule has 198 valence electrons. The molecule has 0 saturated carbocycles. The van der Waals surface area contributed by atoms with E-state index in [9.17, 15) is 14.9 Å². The van der Waals surface area contributed by atoms with Gasteiger partial charge in [-0.15, -0.1) is 34.0 Å². The summed E-state index contributed by atoms with van der Waals surface area (Å²) in [5.74, 6) is 0.714. The van der Waals surface area contributed by atoms with Crippen LogP contribution < -0.4 is 10.3 Å². The summed E-state index contributed by atoms with van der Waals surface area (Å²) >= 11 is 13.7. The second-order valence-corrected chi connectivity index (χ2v) is 9.44. The van der Waals surface area contributed by atoms with Gasteiger partial charge in [0.1, 0.15) is 11.4 Å². The lowest BCUT2D eigenvalue weighted by molar-refractivity contribution is -0.384. The van der Waals surface area contributed by atoms with Gasteiger partial charge < -0.3 is 4.74 Å². The number of azo groups is 1. The predicted octanol–water partition coefficient (Wildman–Crippen LogP) is 8.02. The standard InChI is InChI=1S/C25H16Cl2N6O4S.ClH/c1-37-17-11-7-14(8-12-17)20-13-38-25(28-20)32-24(34)23(30-29-22-18(26)3-2-4-19(22)27)21(31-32)15-5-9-16(10-6-15)33(35)36;/h2-13,31H,1H3;1H. The van der Waals surface area contributed by atoms with Crippen molar-refractivity contribution in [2.24, 2.45) is 10.2 Å². The third kappa shape index (κ3) is 5.71. The van der Waals surface area contributed by atoms with Crippen molar-refractivity contribution in [3.05, 3.63) is 103 Å². The van der Waals surface area contributed by atoms with Crippen molar-refractivity contribution in [3.63, 3.8) is 0 Å². The molecule has 2 heterocycles. The number of benzene rings is 3. The van der Waals surface area contributed by atoms with Crippen molar-refractivity contribution < 1.29 is 9.66 Å². The number of ether oxygens (including phenoxy) is 1. The monoisotopic (exact) mass is 602 g/mol. The van der Waals surface area contributed by atoms with Gasteiger partial charge in [0.15, 0.2) is 5.69 Å². The Balaban J connectivity index is 0.00000353. The summed E-state index contributed by atoms with van der Waals surface area (Å²) in [5, 5.41) is 25.2. The van der Waals surface area contributed by atoms with Crippen LogP contribution in [0.1, 0.15) is 0 Å². The molecule has 3 aromatic carbocycles. The number of H-pyrrole nitrogens is 1. The van der Waals surface area contributed by atoms with E-state index in [2.05, 4.69) is 20.3 Å². The number of non-ortho nitro benzene ring substituents is 1. The van der Waals surface area contributed by atoms with Crippen LogP contribution in [0, 0.1) is 10.1 Å². The molecule has 1 N–H and O–H groups in total. The first-order chi connectivity index (χ1) is 18.4. The molecule has 0 amide bonds. The smallest absolute Gasteiger partial charge is 0.301 e. The normalized spacial score (nSPS) is 10.9. The summed E-state index contributed by atoms with van der Waals surface area (Å²) < 4.78 is 6.45. The van der Waals surface area contributed by atoms with Crippen molar-refractivity contribution >= 4 is 64.0 Å². The number of rotatable bonds is 7. The quantitative estimate of drug-likeness (QED) is 0.114. The molecule has 5 rings (SSSR count). The largest absolute Gasteiger partial charge is 0.497 e. The second kappa shape index (κ2) is 11.8. The van der Waals surface area contributed by atoms with E-state index >= 15 is 0 Å². The zero-order valence-corrected chi connectivity index (χ0v) is 23.0. The molecule has 0 aliphatic carbocycles. The lowest BCUT2D eigenvalue weighted by Crippen LogP contribution is -2.13. The highest BCUT2D eigenvalue weighted by Crippen LogP contribution is 2.36. The molecule has 5 aromatic rings. The Morgan fingerprint density at radius 2 is 1.59 bits per heavy atom. The van der Waals surface area contributed by atoms with Crippen LogP contribution in [-0.2, 0) is 0 Å². The van der Waals surface area contributed by atoms with Crippen LogP contribution in [0.4, 0.5) is 17.1 Å². The van der Waals surface area contributed by atoms with Crippen LogP contribution in [0.2, 0.25) is 10.0 Å². The Morgan fingerprint density at radius 3 is 2.21 bits per heavy atom. The molecule has 0 radical (unpaired) electrons. The molecule has 14 heteroatoms. The minimum atomic E-state index is -0.527. The highest BCUT2D eigenvalue weighted by atomic mass is 35.5. The van der Waals surface area contributed by atoms with E-state index in [0.717, 1.165) is 5.56 Å². The maximum Gasteiger partial charge on any atom is 0.301 e. The second-order valence-electron chi connectivity index (χ2n) is 7.79. The molecule has 2 aromatic heterocycles. The molecule has 0 aliphatic heterocycles. The van der Waals surface area contributed by atoms with Crippen LogP contribution in [-0.4, -0.2) is 26.8 Å². The van der Waals surface area contributed by atoms with Gasteiger partial charge in [-0.1, -0.05) is 29.3 Å². The average Bonchev–Trinajstić information content (AvgIpc) is 3.53. The highest BCUT2D eigenvalue weighted by molar-refractivity contribution is 7.12. The van der Waals surface area contributed by atoms with Gasteiger partial charge >= 0.3 is 5.56 Å². The number of hydrogen-bond donors (Lipinski definition) is 1. The number of halogens is 3. The number of aromatic amines is 1. The minimum Gasteiger partial charge on any atom is -0.497 e. The predicted molar refractivity (Wildman–Crippen MR) is 154 cm³/mol. The Morgan fingerprint density at radius 1 is 0.974 bits per heavy atom. The summed E-state index contributed by atoms with van der Waals surface area (Å²) in [4.78, 5) is 28.7. The van der Waals surface area contributed by atoms with E-state index in [1.54, 1.807) is 25.3 Å². The van der Waals surface area contributed by atoms with Crippen LogP contribution in [0.3, 0.4) is 0 Å². The maximum atomic E-state index is 13.5. The number of methoxy groups -OCH3 is 1. The number of nitrogens with one attached hydrogen (secondary N) is 1. The van der Waals surface area contributed by atoms with Gasteiger partial charge in [0, 0.05) is 28.6 Å². The summed E-state index contributed by atoms with van der Waals surface area (Å²) in [6.07, 6.45) is 0. The molecule has 0 aliphatic rings. The third-order valence-corrected chi connectivity index (χ3v) is 6.93. The molecule has 0 fully saturated rings. The first-order valence-corrected chi connectivity index (χ1v) is 12.5. The van der Waals surface area contributed by atoms with Gasteiger partial charge in [0.05, 0.1) is 33.5 Å². The molecule has 0 spiro atoms. The summed E-state index contributed by atoms with van der Waals surface area (Å²) in [7, 11) is 1.59. The van der Waals surface area contributed by atoms with E-state index in [4.69, 9.17) is 27.9 Å². The van der Waals surface area contributed by atoms with Crippen LogP contribution in [0.15, 0.2) is 87.1 Å². The first kappa shape index (κ1) is 28.0. The third-order valence-electron chi connectivity index (χ3n) is 5.49. The van der Waals surface area contributed by atoms with Gasteiger partial charge in [0.25, 0.3) is 5.69 Å². The summed E-state index contributed by atoms with van der Waals surface area (Å²) in [6.45, 7) is 0. The Hall–Kier alpha value is -4.03. The molecule has 39 heavy (non-hydrogen) atoms. The highest BCUT2D eigenvalue weighted by Gasteiger charge is 2.20. The van der Waals surface area contributed by atoms with Crippen LogP contribution in [0.25, 0.3) is 27.6 Å². The fourth-order valence-electron chi connectivity index (χ4n) is 3.55. The van der Waals surface area contributed by atoms with Crippen molar-refractivity contribution in [2.75, 3.05) is 7.11 Å². The molecular weight excluding hydrogens is 587 g/mol. The van der Waals surface area contributed by atoms with Gasteiger partial charge in [-0.3, -0.25) is 20.0 Å². The van der Waals surface area contributed by atoms with Crippen LogP contribution in [0.5, 0.6) is 5.75 Å². The maximum absolute atomic E-state index is 13.5. The lowest BCUT2D eigenvalue weighted by atomic mass is 10.1. The van der Waals surface area contributed by atoms with E-state index < -0.39 is 10.5 Å². The Labute approximate surface area is 241 Å². The Bertz CT molecular complexity index is 1710. The minimum absolute atomic E-state index is 0. The molecule has 0 bridgehead atoms. The number of nitro groups is 1. The number of nitro benzene ring substituents is 1. The van der Waals surface area contributed by atoms with Crippen molar-refractivity contribution in [2.45, 2.75) is 0 Å². The van der Waals surface area contributed by atoms with Gasteiger partial charge in [-0.05, 0) is 48.5 Å². The zero-order chi connectivity index (χ0) is 26.8. The van der Waals surface area contributed by atoms with Crippen LogP contribution >= 0.6 is 46.9 Å². The van der Waals surface area contributed by atoms with E-state index in [0.29, 0.717) is 22.1 Å². The van der Waals surface area contributed by atoms with E-state index in [1.807, 2.05) is 29.6 Å². The fourth-order valence-corrected chi connectivity index (χ4v) is 4.82. The topological polar surface area (TPSA) is 128 Å². The fraction of sp³-hybridized carbons (Fsp3) is 0.0400.